The summed E-state index contributed by atoms with van der Waals surface area (Å²) in [7, 11) is 0. The van der Waals surface area contributed by atoms with E-state index < -0.39 is 4.92 Å². The van der Waals surface area contributed by atoms with Crippen molar-refractivity contribution >= 4 is 17.5 Å². The first-order chi connectivity index (χ1) is 15.9. The number of nitrogens with one attached hydrogen (secondary N) is 1. The summed E-state index contributed by atoms with van der Waals surface area (Å²) in [6, 6.07) is 5.61. The van der Waals surface area contributed by atoms with Crippen LogP contribution in [0.5, 0.6) is 0 Å². The van der Waals surface area contributed by atoms with Crippen molar-refractivity contribution in [2.24, 2.45) is 5.92 Å². The number of piperazine rings is 1. The molecule has 1 aromatic rings. The highest BCUT2D eigenvalue weighted by Gasteiger charge is 2.37. The van der Waals surface area contributed by atoms with Crippen LogP contribution in [-0.4, -0.2) is 89.8 Å². The summed E-state index contributed by atoms with van der Waals surface area (Å²) in [6.07, 6.45) is 4.51. The molecule has 1 saturated heterocycles. The molecule has 0 unspecified atom stereocenters. The first kappa shape index (κ1) is 25.1. The van der Waals surface area contributed by atoms with Gasteiger partial charge in [-0.2, -0.15) is 0 Å². The first-order valence-corrected chi connectivity index (χ1v) is 12.2. The van der Waals surface area contributed by atoms with E-state index in [-0.39, 0.29) is 23.5 Å². The molecule has 3 rings (SSSR count). The van der Waals surface area contributed by atoms with E-state index in [0.29, 0.717) is 44.2 Å². The first-order valence-electron chi connectivity index (χ1n) is 12.2. The zero-order valence-electron chi connectivity index (χ0n) is 19.9. The topological polar surface area (TPSA) is 99.0 Å². The lowest BCUT2D eigenvalue weighted by Crippen LogP contribution is -2.58. The largest absolute Gasteiger partial charge is 0.353 e. The van der Waals surface area contributed by atoms with Crippen molar-refractivity contribution in [1.82, 2.24) is 20.0 Å². The summed E-state index contributed by atoms with van der Waals surface area (Å²) in [5, 5.41) is 14.0. The minimum Gasteiger partial charge on any atom is -0.353 e. The van der Waals surface area contributed by atoms with Crippen LogP contribution in [0.1, 0.15) is 49.9 Å². The fraction of sp³-hybridized carbons (Fsp3) is 0.667. The lowest BCUT2D eigenvalue weighted by Gasteiger charge is -2.40. The standard InChI is InChI=1S/C24H37N5O4/c1-3-26(4-2)14-13-25-23(30)22(19-7-5-6-8-19)27-15-17-28(18-16-27)24(31)20-9-11-21(12-10-20)29(32)33/h9-12,19,22H,3-8,13-18H2,1-2H3,(H,25,30)/t22-/m1/s1. The quantitative estimate of drug-likeness (QED) is 0.426. The van der Waals surface area contributed by atoms with E-state index in [1.807, 2.05) is 0 Å². The summed E-state index contributed by atoms with van der Waals surface area (Å²) >= 11 is 0. The summed E-state index contributed by atoms with van der Waals surface area (Å²) in [6.45, 7) is 10.1. The molecule has 9 heteroatoms. The van der Waals surface area contributed by atoms with Gasteiger partial charge in [0.2, 0.25) is 5.91 Å². The Hall–Kier alpha value is -2.52. The highest BCUT2D eigenvalue weighted by molar-refractivity contribution is 5.94. The van der Waals surface area contributed by atoms with Crippen LogP contribution in [0.3, 0.4) is 0 Å². The number of hydrogen-bond acceptors (Lipinski definition) is 6. The lowest BCUT2D eigenvalue weighted by atomic mass is 9.95. The van der Waals surface area contributed by atoms with Crippen molar-refractivity contribution in [2.45, 2.75) is 45.6 Å². The third-order valence-corrected chi connectivity index (χ3v) is 7.06. The van der Waals surface area contributed by atoms with Crippen LogP contribution < -0.4 is 5.32 Å². The predicted molar refractivity (Wildman–Crippen MR) is 127 cm³/mol. The Morgan fingerprint density at radius 3 is 2.24 bits per heavy atom. The maximum absolute atomic E-state index is 13.2. The minimum absolute atomic E-state index is 0.0252. The van der Waals surface area contributed by atoms with Crippen molar-refractivity contribution in [3.63, 3.8) is 0 Å². The van der Waals surface area contributed by atoms with E-state index in [1.165, 1.54) is 37.1 Å². The van der Waals surface area contributed by atoms with Crippen molar-refractivity contribution in [3.05, 3.63) is 39.9 Å². The molecular formula is C24H37N5O4. The molecule has 1 atom stereocenters. The molecule has 0 bridgehead atoms. The van der Waals surface area contributed by atoms with Crippen LogP contribution >= 0.6 is 0 Å². The molecule has 1 aromatic carbocycles. The summed E-state index contributed by atoms with van der Waals surface area (Å²) in [5.41, 5.74) is 0.429. The van der Waals surface area contributed by atoms with Gasteiger partial charge in [-0.15, -0.1) is 0 Å². The van der Waals surface area contributed by atoms with E-state index in [0.717, 1.165) is 32.5 Å². The van der Waals surface area contributed by atoms with Crippen molar-refractivity contribution in [2.75, 3.05) is 52.4 Å². The van der Waals surface area contributed by atoms with Gasteiger partial charge in [-0.05, 0) is 44.0 Å². The maximum Gasteiger partial charge on any atom is 0.269 e. The van der Waals surface area contributed by atoms with E-state index in [1.54, 1.807) is 4.90 Å². The van der Waals surface area contributed by atoms with Gasteiger partial charge in [0.1, 0.15) is 0 Å². The molecule has 9 nitrogen and oxygen atoms in total. The molecule has 0 spiro atoms. The van der Waals surface area contributed by atoms with Gasteiger partial charge in [0, 0.05) is 57.0 Å². The number of carbonyl (C=O) groups is 2. The van der Waals surface area contributed by atoms with Crippen LogP contribution in [0.15, 0.2) is 24.3 Å². The second-order valence-electron chi connectivity index (χ2n) is 8.94. The van der Waals surface area contributed by atoms with Crippen molar-refractivity contribution in [3.8, 4) is 0 Å². The number of likely N-dealkylation sites (N-methyl/N-ethyl adjacent to an activating group) is 1. The van der Waals surface area contributed by atoms with Crippen LogP contribution in [0, 0.1) is 16.0 Å². The van der Waals surface area contributed by atoms with Gasteiger partial charge >= 0.3 is 0 Å². The summed E-state index contributed by atoms with van der Waals surface area (Å²) in [4.78, 5) is 42.8. The molecule has 1 saturated carbocycles. The van der Waals surface area contributed by atoms with Gasteiger partial charge in [-0.3, -0.25) is 24.6 Å². The summed E-state index contributed by atoms with van der Waals surface area (Å²) < 4.78 is 0. The fourth-order valence-electron chi connectivity index (χ4n) is 5.04. The van der Waals surface area contributed by atoms with Gasteiger partial charge in [0.05, 0.1) is 11.0 Å². The molecule has 0 aromatic heterocycles. The number of amides is 2. The number of nitro groups is 1. The molecule has 1 aliphatic carbocycles. The lowest BCUT2D eigenvalue weighted by molar-refractivity contribution is -0.384. The Morgan fingerprint density at radius 1 is 1.09 bits per heavy atom. The number of carbonyl (C=O) groups excluding carboxylic acids is 2. The second-order valence-corrected chi connectivity index (χ2v) is 8.94. The van der Waals surface area contributed by atoms with E-state index >= 15 is 0 Å². The molecule has 182 valence electrons. The molecular weight excluding hydrogens is 422 g/mol. The molecule has 2 fully saturated rings. The van der Waals surface area contributed by atoms with Crippen LogP contribution in [0.25, 0.3) is 0 Å². The number of rotatable bonds is 10. The Kier molecular flexibility index (Phi) is 9.20. The molecule has 0 radical (unpaired) electrons. The van der Waals surface area contributed by atoms with Gasteiger partial charge in [-0.1, -0.05) is 26.7 Å². The van der Waals surface area contributed by atoms with Gasteiger partial charge in [0.25, 0.3) is 11.6 Å². The summed E-state index contributed by atoms with van der Waals surface area (Å²) in [5.74, 6) is 0.366. The minimum atomic E-state index is -0.469. The number of benzene rings is 1. The monoisotopic (exact) mass is 459 g/mol. The predicted octanol–water partition coefficient (Wildman–Crippen LogP) is 2.37. The number of hydrogen-bond donors (Lipinski definition) is 1. The second kappa shape index (κ2) is 12.1. The van der Waals surface area contributed by atoms with Crippen molar-refractivity contribution in [1.29, 1.82) is 0 Å². The van der Waals surface area contributed by atoms with Crippen LogP contribution in [-0.2, 0) is 4.79 Å². The highest BCUT2D eigenvalue weighted by Crippen LogP contribution is 2.31. The third-order valence-electron chi connectivity index (χ3n) is 7.06. The Bertz CT molecular complexity index is 798. The molecule has 1 aliphatic heterocycles. The molecule has 1 heterocycles. The molecule has 1 N–H and O–H groups in total. The number of nitro benzene ring substituents is 1. The Balaban J connectivity index is 1.58. The van der Waals surface area contributed by atoms with Gasteiger partial charge in [-0.25, -0.2) is 0 Å². The Morgan fingerprint density at radius 2 is 1.70 bits per heavy atom. The van der Waals surface area contributed by atoms with E-state index in [2.05, 4.69) is 29.0 Å². The normalized spacial score (nSPS) is 18.5. The van der Waals surface area contributed by atoms with Gasteiger partial charge < -0.3 is 15.1 Å². The van der Waals surface area contributed by atoms with Crippen LogP contribution in [0.4, 0.5) is 5.69 Å². The smallest absolute Gasteiger partial charge is 0.269 e. The van der Waals surface area contributed by atoms with E-state index in [4.69, 9.17) is 0 Å². The zero-order valence-corrected chi connectivity index (χ0v) is 19.9. The number of non-ortho nitro benzene ring substituents is 1. The average molecular weight is 460 g/mol. The van der Waals surface area contributed by atoms with Crippen LogP contribution in [0.2, 0.25) is 0 Å². The number of nitrogens with zero attached hydrogens (tertiary/aromatic N) is 4. The highest BCUT2D eigenvalue weighted by atomic mass is 16.6. The third kappa shape index (κ3) is 6.51. The fourth-order valence-corrected chi connectivity index (χ4v) is 5.04. The average Bonchev–Trinajstić information content (AvgIpc) is 3.36. The molecule has 2 aliphatic rings. The molecule has 2 amide bonds. The Labute approximate surface area is 196 Å². The maximum atomic E-state index is 13.2. The zero-order chi connectivity index (χ0) is 23.8. The van der Waals surface area contributed by atoms with Crippen molar-refractivity contribution < 1.29 is 14.5 Å². The van der Waals surface area contributed by atoms with Gasteiger partial charge in [0.15, 0.2) is 0 Å². The SMILES string of the molecule is CCN(CC)CCNC(=O)[C@@H](C1CCCC1)N1CCN(C(=O)c2ccc([N+](=O)[O-])cc2)CC1. The van der Waals surface area contributed by atoms with E-state index in [9.17, 15) is 19.7 Å². The molecule has 33 heavy (non-hydrogen) atoms.